The molecule has 2 fully saturated rings. The molecule has 20 heavy (non-hydrogen) atoms. The molecule has 1 aliphatic heterocycles. The summed E-state index contributed by atoms with van der Waals surface area (Å²) in [7, 11) is 0. The maximum atomic E-state index is 10.2. The lowest BCUT2D eigenvalue weighted by Gasteiger charge is -2.17. The minimum atomic E-state index is -0.462. The second-order valence-corrected chi connectivity index (χ2v) is 5.50. The number of hydrogen-bond donors (Lipinski definition) is 1. The third-order valence-corrected chi connectivity index (χ3v) is 4.03. The summed E-state index contributed by atoms with van der Waals surface area (Å²) in [5, 5.41) is 18.0. The largest absolute Gasteiger partial charge is 0.389 e. The molecule has 0 spiro atoms. The molecule has 0 unspecified atom stereocenters. The Morgan fingerprint density at radius 3 is 2.85 bits per heavy atom. The van der Waals surface area contributed by atoms with Crippen LogP contribution >= 0.6 is 0 Å². The lowest BCUT2D eigenvalue weighted by Crippen LogP contribution is -2.22. The standard InChI is InChI=1S/C13H16N6O/c20-12-7-18(6-11(12)19-4-3-16-17-19)13-5-10(9-1-2-9)14-8-15-13/h3-5,8-9,11-12,20H,1-2,6-7H2/t11-,12-/m1/s1. The van der Waals surface area contributed by atoms with Gasteiger partial charge in [-0.05, 0) is 12.8 Å². The van der Waals surface area contributed by atoms with Gasteiger partial charge in [-0.2, -0.15) is 0 Å². The van der Waals surface area contributed by atoms with E-state index in [1.807, 2.05) is 6.07 Å². The van der Waals surface area contributed by atoms with Gasteiger partial charge in [-0.25, -0.2) is 14.6 Å². The quantitative estimate of drug-likeness (QED) is 0.869. The lowest BCUT2D eigenvalue weighted by molar-refractivity contribution is 0.144. The van der Waals surface area contributed by atoms with E-state index in [-0.39, 0.29) is 6.04 Å². The summed E-state index contributed by atoms with van der Waals surface area (Å²) >= 11 is 0. The lowest BCUT2D eigenvalue weighted by atomic mass is 10.2. The maximum Gasteiger partial charge on any atom is 0.132 e. The first kappa shape index (κ1) is 11.8. The van der Waals surface area contributed by atoms with Gasteiger partial charge >= 0.3 is 0 Å². The Bertz CT molecular complexity index is 597. The Labute approximate surface area is 116 Å². The van der Waals surface area contributed by atoms with E-state index in [0.29, 0.717) is 19.0 Å². The summed E-state index contributed by atoms with van der Waals surface area (Å²) in [5.41, 5.74) is 1.12. The zero-order chi connectivity index (χ0) is 13.5. The van der Waals surface area contributed by atoms with Gasteiger partial charge in [-0.3, -0.25) is 0 Å². The zero-order valence-electron chi connectivity index (χ0n) is 11.0. The molecule has 2 aromatic heterocycles. The summed E-state index contributed by atoms with van der Waals surface area (Å²) in [4.78, 5) is 10.8. The van der Waals surface area contributed by atoms with Gasteiger partial charge in [0, 0.05) is 37.0 Å². The Morgan fingerprint density at radius 2 is 2.10 bits per heavy atom. The Morgan fingerprint density at radius 1 is 1.20 bits per heavy atom. The number of hydrogen-bond acceptors (Lipinski definition) is 6. The Hall–Kier alpha value is -2.02. The smallest absolute Gasteiger partial charge is 0.132 e. The molecule has 1 N–H and O–H groups in total. The topological polar surface area (TPSA) is 80.0 Å². The molecule has 1 saturated carbocycles. The molecule has 2 aliphatic rings. The van der Waals surface area contributed by atoms with Gasteiger partial charge in [-0.1, -0.05) is 5.21 Å². The van der Waals surface area contributed by atoms with Crippen LogP contribution in [0.1, 0.15) is 30.5 Å². The normalized spacial score (nSPS) is 26.1. The van der Waals surface area contributed by atoms with E-state index in [1.165, 1.54) is 12.8 Å². The van der Waals surface area contributed by atoms with Crippen LogP contribution < -0.4 is 4.90 Å². The molecule has 7 nitrogen and oxygen atoms in total. The summed E-state index contributed by atoms with van der Waals surface area (Å²) in [6.07, 6.45) is 7.02. The second kappa shape index (κ2) is 4.52. The molecule has 0 bridgehead atoms. The van der Waals surface area contributed by atoms with Crippen molar-refractivity contribution in [2.24, 2.45) is 0 Å². The van der Waals surface area contributed by atoms with Crippen molar-refractivity contribution < 1.29 is 5.11 Å². The number of rotatable bonds is 3. The first-order valence-electron chi connectivity index (χ1n) is 6.92. The van der Waals surface area contributed by atoms with Crippen molar-refractivity contribution in [2.45, 2.75) is 30.9 Å². The van der Waals surface area contributed by atoms with E-state index in [9.17, 15) is 5.11 Å². The number of aliphatic hydroxyl groups is 1. The number of anilines is 1. The van der Waals surface area contributed by atoms with E-state index in [4.69, 9.17) is 0 Å². The van der Waals surface area contributed by atoms with Crippen molar-refractivity contribution in [3.8, 4) is 0 Å². The first-order valence-corrected chi connectivity index (χ1v) is 6.92. The summed E-state index contributed by atoms with van der Waals surface area (Å²) < 4.78 is 1.72. The predicted octanol–water partition coefficient (Wildman–Crippen LogP) is 0.368. The van der Waals surface area contributed by atoms with Crippen LogP contribution in [0.2, 0.25) is 0 Å². The van der Waals surface area contributed by atoms with Crippen LogP contribution in [-0.4, -0.2) is 49.3 Å². The van der Waals surface area contributed by atoms with Gasteiger partial charge in [-0.15, -0.1) is 5.10 Å². The Kier molecular flexibility index (Phi) is 2.66. The minimum Gasteiger partial charge on any atom is -0.389 e. The molecule has 7 heteroatoms. The van der Waals surface area contributed by atoms with E-state index in [0.717, 1.165) is 11.5 Å². The van der Waals surface area contributed by atoms with Crippen molar-refractivity contribution >= 4 is 5.82 Å². The number of aliphatic hydroxyl groups excluding tert-OH is 1. The summed E-state index contributed by atoms with van der Waals surface area (Å²) in [6.45, 7) is 1.25. The van der Waals surface area contributed by atoms with Crippen LogP contribution in [0.5, 0.6) is 0 Å². The molecule has 3 heterocycles. The minimum absolute atomic E-state index is 0.0724. The summed E-state index contributed by atoms with van der Waals surface area (Å²) in [6, 6.07) is 1.98. The molecular formula is C13H16N6O. The highest BCUT2D eigenvalue weighted by atomic mass is 16.3. The molecule has 0 amide bonds. The van der Waals surface area contributed by atoms with Crippen LogP contribution in [0.25, 0.3) is 0 Å². The van der Waals surface area contributed by atoms with Gasteiger partial charge in [0.25, 0.3) is 0 Å². The number of nitrogens with zero attached hydrogens (tertiary/aromatic N) is 6. The van der Waals surface area contributed by atoms with Crippen molar-refractivity contribution in [1.82, 2.24) is 25.0 Å². The van der Waals surface area contributed by atoms with Crippen LogP contribution in [0.3, 0.4) is 0 Å². The van der Waals surface area contributed by atoms with Gasteiger partial charge in [0.05, 0.1) is 18.3 Å². The maximum absolute atomic E-state index is 10.2. The summed E-state index contributed by atoms with van der Waals surface area (Å²) in [5.74, 6) is 1.50. The van der Waals surface area contributed by atoms with Crippen molar-refractivity contribution in [3.63, 3.8) is 0 Å². The Balaban J connectivity index is 1.56. The first-order chi connectivity index (χ1) is 9.81. The fourth-order valence-corrected chi connectivity index (χ4v) is 2.75. The van der Waals surface area contributed by atoms with E-state index >= 15 is 0 Å². The third kappa shape index (κ3) is 2.03. The van der Waals surface area contributed by atoms with E-state index < -0.39 is 6.10 Å². The molecular weight excluding hydrogens is 256 g/mol. The van der Waals surface area contributed by atoms with Gasteiger partial charge in [0.2, 0.25) is 0 Å². The number of β-amino-alcohol motifs (C(OH)–C–C–N with tert-alkyl or cyclic N) is 1. The zero-order valence-corrected chi connectivity index (χ0v) is 11.0. The highest BCUT2D eigenvalue weighted by Crippen LogP contribution is 2.39. The van der Waals surface area contributed by atoms with Crippen molar-refractivity contribution in [1.29, 1.82) is 0 Å². The predicted molar refractivity (Wildman–Crippen MR) is 71.3 cm³/mol. The molecule has 2 aromatic rings. The van der Waals surface area contributed by atoms with Crippen LogP contribution in [0.4, 0.5) is 5.82 Å². The van der Waals surface area contributed by atoms with Crippen LogP contribution in [-0.2, 0) is 0 Å². The average molecular weight is 272 g/mol. The third-order valence-electron chi connectivity index (χ3n) is 4.03. The fourth-order valence-electron chi connectivity index (χ4n) is 2.75. The molecule has 1 aliphatic carbocycles. The molecule has 104 valence electrons. The van der Waals surface area contributed by atoms with E-state index in [2.05, 4.69) is 25.2 Å². The monoisotopic (exact) mass is 272 g/mol. The highest BCUT2D eigenvalue weighted by Gasteiger charge is 2.34. The molecule has 0 radical (unpaired) electrons. The fraction of sp³-hybridized carbons (Fsp3) is 0.538. The molecule has 1 saturated heterocycles. The number of aromatic nitrogens is 5. The van der Waals surface area contributed by atoms with Crippen molar-refractivity contribution in [2.75, 3.05) is 18.0 Å². The van der Waals surface area contributed by atoms with Crippen molar-refractivity contribution in [3.05, 3.63) is 30.5 Å². The molecule has 4 rings (SSSR count). The average Bonchev–Trinajstić information content (AvgIpc) is 3.04. The second-order valence-electron chi connectivity index (χ2n) is 5.50. The molecule has 2 atom stereocenters. The van der Waals surface area contributed by atoms with Gasteiger partial charge in [0.1, 0.15) is 12.1 Å². The molecule has 0 aromatic carbocycles. The van der Waals surface area contributed by atoms with Gasteiger partial charge in [0.15, 0.2) is 0 Å². The van der Waals surface area contributed by atoms with E-state index in [1.54, 1.807) is 23.4 Å². The highest BCUT2D eigenvalue weighted by molar-refractivity contribution is 5.42. The van der Waals surface area contributed by atoms with Gasteiger partial charge < -0.3 is 10.0 Å². The van der Waals surface area contributed by atoms with Crippen LogP contribution in [0, 0.1) is 0 Å². The SMILES string of the molecule is O[C@@H]1CN(c2cc(C3CC3)ncn2)C[C@H]1n1ccnn1. The van der Waals surface area contributed by atoms with Crippen LogP contribution in [0.15, 0.2) is 24.8 Å².